The molecular weight excluding hydrogens is 580 g/mol. The van der Waals surface area contributed by atoms with Crippen molar-refractivity contribution in [2.45, 2.75) is 45.1 Å². The van der Waals surface area contributed by atoms with E-state index in [1.807, 2.05) is 24.3 Å². The summed E-state index contributed by atoms with van der Waals surface area (Å²) in [5, 5.41) is 15.6. The number of carbonyl (C=O) groups excluding carboxylic acids is 3. The fourth-order valence-electron chi connectivity index (χ4n) is 4.94. The normalized spacial score (nSPS) is 15.6. The molecule has 0 bridgehead atoms. The van der Waals surface area contributed by atoms with E-state index >= 15 is 0 Å². The van der Waals surface area contributed by atoms with E-state index in [4.69, 9.17) is 14.9 Å². The maximum Gasteiger partial charge on any atom is 0.330 e. The number of amides is 2. The first-order valence-electron chi connectivity index (χ1n) is 15.0. The Kier molecular flexibility index (Phi) is 13.9. The van der Waals surface area contributed by atoms with Gasteiger partial charge in [0.05, 0.1) is 17.7 Å². The molecule has 1 unspecified atom stereocenters. The molecular formula is C33H40N4O8. The molecule has 0 aliphatic carbocycles. The maximum absolute atomic E-state index is 12.9. The van der Waals surface area contributed by atoms with Crippen LogP contribution in [0.15, 0.2) is 73.0 Å². The number of hydrogen-bond acceptors (Lipinski definition) is 9. The van der Waals surface area contributed by atoms with Crippen LogP contribution in [0.5, 0.6) is 0 Å². The molecule has 1 saturated heterocycles. The van der Waals surface area contributed by atoms with Crippen LogP contribution in [0.3, 0.4) is 0 Å². The Morgan fingerprint density at radius 3 is 2.02 bits per heavy atom. The summed E-state index contributed by atoms with van der Waals surface area (Å²) < 4.78 is 5.81. The predicted molar refractivity (Wildman–Crippen MR) is 167 cm³/mol. The molecule has 0 spiro atoms. The molecule has 0 radical (unpaired) electrons. The third-order valence-electron chi connectivity index (χ3n) is 7.20. The van der Waals surface area contributed by atoms with Crippen molar-refractivity contribution in [1.82, 2.24) is 14.8 Å². The third-order valence-corrected chi connectivity index (χ3v) is 7.20. The summed E-state index contributed by atoms with van der Waals surface area (Å²) in [6.45, 7) is 5.76. The molecule has 0 saturated carbocycles. The van der Waals surface area contributed by atoms with Gasteiger partial charge in [-0.05, 0) is 37.1 Å². The molecule has 2 aliphatic heterocycles. The molecule has 1 atom stereocenters. The molecule has 2 aliphatic rings. The van der Waals surface area contributed by atoms with Crippen LogP contribution >= 0.6 is 0 Å². The van der Waals surface area contributed by atoms with Crippen molar-refractivity contribution in [1.29, 1.82) is 0 Å². The number of aromatic nitrogens is 1. The first-order valence-corrected chi connectivity index (χ1v) is 15.0. The van der Waals surface area contributed by atoms with Gasteiger partial charge in [0.1, 0.15) is 11.9 Å². The Balaban J connectivity index is 0.000000610. The summed E-state index contributed by atoms with van der Waals surface area (Å²) in [5.74, 6) is -2.69. The summed E-state index contributed by atoms with van der Waals surface area (Å²) >= 11 is 0. The first-order chi connectivity index (χ1) is 21.7. The highest BCUT2D eigenvalue weighted by Gasteiger charge is 2.37. The van der Waals surface area contributed by atoms with Crippen molar-refractivity contribution in [2.24, 2.45) is 0 Å². The molecule has 4 rings (SSSR count). The number of piperazine rings is 1. The number of imide groups is 1. The minimum absolute atomic E-state index is 0.0306. The largest absolute Gasteiger partial charge is 0.478 e. The second-order valence-corrected chi connectivity index (χ2v) is 10.6. The number of unbranched alkanes of at least 4 members (excludes halogenated alkanes) is 4. The lowest BCUT2D eigenvalue weighted by atomic mass is 10.1. The Morgan fingerprint density at radius 1 is 0.844 bits per heavy atom. The minimum atomic E-state index is -1.26. The van der Waals surface area contributed by atoms with Gasteiger partial charge in [-0.15, -0.1) is 0 Å². The van der Waals surface area contributed by atoms with Gasteiger partial charge in [-0.2, -0.15) is 0 Å². The number of anilines is 1. The molecule has 240 valence electrons. The predicted octanol–water partition coefficient (Wildman–Crippen LogP) is 3.65. The Bertz CT molecular complexity index is 1320. The van der Waals surface area contributed by atoms with Gasteiger partial charge in [0, 0.05) is 57.1 Å². The highest BCUT2D eigenvalue weighted by molar-refractivity contribution is 6.21. The van der Waals surface area contributed by atoms with Gasteiger partial charge in [0.25, 0.3) is 11.8 Å². The number of carboxylic acids is 2. The van der Waals surface area contributed by atoms with Crippen molar-refractivity contribution >= 4 is 35.5 Å². The number of ether oxygens (including phenoxy) is 1. The van der Waals surface area contributed by atoms with E-state index < -0.39 is 24.0 Å². The fraction of sp³-hybridized carbons (Fsp3) is 0.394. The molecule has 12 heteroatoms. The second-order valence-electron chi connectivity index (χ2n) is 10.6. The van der Waals surface area contributed by atoms with Crippen molar-refractivity contribution in [3.63, 3.8) is 0 Å². The van der Waals surface area contributed by atoms with E-state index in [0.29, 0.717) is 29.8 Å². The topological polar surface area (TPSA) is 158 Å². The average molecular weight is 621 g/mol. The monoisotopic (exact) mass is 620 g/mol. The number of rotatable bonds is 14. The number of allylic oxidation sites excluding steroid dienone is 1. The zero-order chi connectivity index (χ0) is 32.6. The van der Waals surface area contributed by atoms with Crippen molar-refractivity contribution in [3.05, 3.63) is 84.1 Å². The smallest absolute Gasteiger partial charge is 0.330 e. The summed E-state index contributed by atoms with van der Waals surface area (Å²) in [6.07, 6.45) is 11.0. The van der Waals surface area contributed by atoms with Crippen LogP contribution in [0.25, 0.3) is 0 Å². The van der Waals surface area contributed by atoms with Crippen LogP contribution in [0, 0.1) is 0 Å². The second kappa shape index (κ2) is 18.1. The van der Waals surface area contributed by atoms with Crippen molar-refractivity contribution in [3.8, 4) is 0 Å². The maximum atomic E-state index is 12.9. The van der Waals surface area contributed by atoms with Crippen LogP contribution in [0.4, 0.5) is 5.82 Å². The SMILES string of the molecule is CCCCCCC=CC(=O)OC(CN1CCN(c2ccccn2)CC1)CN1C(=O)c2ccccc2C1=O.O=C(O)C=CC(=O)O. The number of nitrogens with zero attached hydrogens (tertiary/aromatic N) is 4. The zero-order valence-electron chi connectivity index (χ0n) is 25.4. The van der Waals surface area contributed by atoms with Crippen molar-refractivity contribution < 1.29 is 38.9 Å². The van der Waals surface area contributed by atoms with Crippen LogP contribution in [0.1, 0.15) is 59.7 Å². The molecule has 12 nitrogen and oxygen atoms in total. The Morgan fingerprint density at radius 2 is 1.47 bits per heavy atom. The minimum Gasteiger partial charge on any atom is -0.478 e. The number of carboxylic acid groups (broad SMARTS) is 2. The van der Waals surface area contributed by atoms with Crippen LogP contribution in [-0.2, 0) is 19.1 Å². The van der Waals surface area contributed by atoms with Crippen LogP contribution < -0.4 is 4.90 Å². The number of esters is 1. The van der Waals surface area contributed by atoms with E-state index in [-0.39, 0.29) is 18.4 Å². The first kappa shape index (κ1) is 34.6. The van der Waals surface area contributed by atoms with Gasteiger partial charge in [-0.25, -0.2) is 19.4 Å². The van der Waals surface area contributed by atoms with Gasteiger partial charge in [-0.3, -0.25) is 19.4 Å². The van der Waals surface area contributed by atoms with E-state index in [1.165, 1.54) is 23.8 Å². The molecule has 45 heavy (non-hydrogen) atoms. The van der Waals surface area contributed by atoms with Gasteiger partial charge in [0.15, 0.2) is 0 Å². The Labute approximate surface area is 262 Å². The molecule has 2 N–H and O–H groups in total. The van der Waals surface area contributed by atoms with Crippen LogP contribution in [0.2, 0.25) is 0 Å². The summed E-state index contributed by atoms with van der Waals surface area (Å²) in [6, 6.07) is 12.7. The lowest BCUT2D eigenvalue weighted by Crippen LogP contribution is -2.51. The highest BCUT2D eigenvalue weighted by Crippen LogP contribution is 2.23. The van der Waals surface area contributed by atoms with E-state index in [0.717, 1.165) is 51.3 Å². The summed E-state index contributed by atoms with van der Waals surface area (Å²) in [5.41, 5.74) is 0.794. The fourth-order valence-corrected chi connectivity index (χ4v) is 4.94. The average Bonchev–Trinajstić information content (AvgIpc) is 3.27. The summed E-state index contributed by atoms with van der Waals surface area (Å²) in [7, 11) is 0. The van der Waals surface area contributed by atoms with Gasteiger partial charge >= 0.3 is 17.9 Å². The van der Waals surface area contributed by atoms with E-state index in [1.54, 1.807) is 30.5 Å². The number of pyridine rings is 1. The number of aliphatic carboxylic acids is 2. The molecule has 2 amide bonds. The highest BCUT2D eigenvalue weighted by atomic mass is 16.5. The summed E-state index contributed by atoms with van der Waals surface area (Å²) in [4.78, 5) is 67.7. The Hall–Kier alpha value is -4.84. The standard InChI is InChI=1S/C29H36N4O4.C4H4O4/c1-2-3-4-5-6-7-15-27(34)37-23(22-33-28(35)24-12-8-9-13-25(24)29(33)36)21-31-17-19-32(20-18-31)26-14-10-11-16-30-26;5-3(6)1-2-4(7)8/h7-16,23H,2-6,17-22H2,1H3;1-2H,(H,5,6)(H,7,8). The lowest BCUT2D eigenvalue weighted by Gasteiger charge is -2.37. The quantitative estimate of drug-likeness (QED) is 0.137. The molecule has 3 heterocycles. The van der Waals surface area contributed by atoms with E-state index in [9.17, 15) is 24.0 Å². The van der Waals surface area contributed by atoms with Gasteiger partial charge in [-0.1, -0.05) is 50.5 Å². The lowest BCUT2D eigenvalue weighted by molar-refractivity contribution is -0.144. The molecule has 2 aromatic rings. The molecule has 1 aromatic carbocycles. The number of carbonyl (C=O) groups is 5. The molecule has 1 aromatic heterocycles. The van der Waals surface area contributed by atoms with Crippen molar-refractivity contribution in [2.75, 3.05) is 44.2 Å². The van der Waals surface area contributed by atoms with E-state index in [2.05, 4.69) is 21.7 Å². The van der Waals surface area contributed by atoms with Gasteiger partial charge < -0.3 is 19.8 Å². The number of fused-ring (bicyclic) bond motifs is 1. The number of benzene rings is 1. The molecule has 1 fully saturated rings. The zero-order valence-corrected chi connectivity index (χ0v) is 25.4. The van der Waals surface area contributed by atoms with Crippen LogP contribution in [-0.4, -0.2) is 100 Å². The number of hydrogen-bond donors (Lipinski definition) is 2. The third kappa shape index (κ3) is 11.3. The van der Waals surface area contributed by atoms with Gasteiger partial charge in [0.2, 0.25) is 0 Å².